The number of hydrogen-bond donors (Lipinski definition) is 0. The van der Waals surface area contributed by atoms with Crippen molar-refractivity contribution in [2.75, 3.05) is 0 Å². The maximum absolute atomic E-state index is 5.62. The molecule has 0 fully saturated rings. The molecule has 0 spiro atoms. The van der Waals surface area contributed by atoms with Crippen molar-refractivity contribution in [3.05, 3.63) is 58.4 Å². The van der Waals surface area contributed by atoms with E-state index in [1.807, 2.05) is 18.2 Å². The highest BCUT2D eigenvalue weighted by Gasteiger charge is 2.15. The van der Waals surface area contributed by atoms with E-state index in [1.54, 1.807) is 17.6 Å². The topological polar surface area (TPSA) is 30.4 Å². The van der Waals surface area contributed by atoms with Crippen LogP contribution in [0.2, 0.25) is 0 Å². The third kappa shape index (κ3) is 3.48. The molecule has 0 radical (unpaired) electrons. The Kier molecular flexibility index (Phi) is 4.82. The van der Waals surface area contributed by atoms with E-state index in [9.17, 15) is 0 Å². The van der Waals surface area contributed by atoms with E-state index in [4.69, 9.17) is 9.41 Å². The monoisotopic (exact) mass is 326 g/mol. The predicted octanol–water partition coefficient (Wildman–Crippen LogP) is 5.71. The summed E-state index contributed by atoms with van der Waals surface area (Å²) in [5.41, 5.74) is 3.32. The van der Waals surface area contributed by atoms with Gasteiger partial charge in [0.05, 0.1) is 17.6 Å². The molecule has 0 amide bonds. The second kappa shape index (κ2) is 7.01. The summed E-state index contributed by atoms with van der Waals surface area (Å²) in [6.45, 7) is 6.56. The molecule has 0 N–H and O–H groups in total. The van der Waals surface area contributed by atoms with Gasteiger partial charge in [-0.15, -0.1) is 11.3 Å². The second-order valence-corrected chi connectivity index (χ2v) is 6.68. The Bertz CT molecular complexity index is 827. The summed E-state index contributed by atoms with van der Waals surface area (Å²) in [7, 11) is 0. The maximum atomic E-state index is 5.62. The lowest BCUT2D eigenvalue weighted by Gasteiger charge is -2.15. The van der Waals surface area contributed by atoms with Crippen LogP contribution in [-0.4, -0.2) is 4.57 Å². The van der Waals surface area contributed by atoms with Gasteiger partial charge in [-0.25, -0.2) is 4.99 Å². The summed E-state index contributed by atoms with van der Waals surface area (Å²) in [6.07, 6.45) is 3.98. The molecule has 3 nitrogen and oxygen atoms in total. The lowest BCUT2D eigenvalue weighted by atomic mass is 10.2. The van der Waals surface area contributed by atoms with Gasteiger partial charge in [0.25, 0.3) is 0 Å². The third-order valence-corrected chi connectivity index (χ3v) is 4.73. The normalized spacial score (nSPS) is 13.4. The van der Waals surface area contributed by atoms with Crippen LogP contribution >= 0.6 is 11.3 Å². The van der Waals surface area contributed by atoms with Crippen LogP contribution in [0.1, 0.15) is 38.3 Å². The van der Waals surface area contributed by atoms with Gasteiger partial charge >= 0.3 is 0 Å². The fraction of sp³-hybridized carbons (Fsp3) is 0.316. The fourth-order valence-electron chi connectivity index (χ4n) is 2.79. The van der Waals surface area contributed by atoms with Gasteiger partial charge in [0.1, 0.15) is 0 Å². The molecule has 1 atom stereocenters. The zero-order valence-corrected chi connectivity index (χ0v) is 14.6. The largest absolute Gasteiger partial charge is 0.463 e. The van der Waals surface area contributed by atoms with E-state index < -0.39 is 0 Å². The summed E-state index contributed by atoms with van der Waals surface area (Å²) in [4.78, 5) is 5.89. The molecule has 1 aromatic carbocycles. The molecule has 0 bridgehead atoms. The fourth-order valence-corrected chi connectivity index (χ4v) is 3.78. The van der Waals surface area contributed by atoms with Crippen LogP contribution in [0.25, 0.3) is 11.5 Å². The standard InChI is InChI=1S/C19H22N2OS/c1-4-7-15(3)21-17(18-10-6-11-22-18)13-23-19(21)20-16-9-5-8-14(2)12-16/h5-6,8-13,15H,4,7H2,1-3H3. The Balaban J connectivity index is 2.13. The van der Waals surface area contributed by atoms with Crippen molar-refractivity contribution < 1.29 is 4.42 Å². The Hall–Kier alpha value is -2.07. The van der Waals surface area contributed by atoms with Gasteiger partial charge in [-0.1, -0.05) is 25.5 Å². The van der Waals surface area contributed by atoms with Crippen molar-refractivity contribution in [3.63, 3.8) is 0 Å². The van der Waals surface area contributed by atoms with Crippen molar-refractivity contribution in [2.24, 2.45) is 4.99 Å². The van der Waals surface area contributed by atoms with Gasteiger partial charge in [0.2, 0.25) is 0 Å². The van der Waals surface area contributed by atoms with Gasteiger partial charge in [-0.05, 0) is 50.1 Å². The van der Waals surface area contributed by atoms with Gasteiger partial charge in [-0.2, -0.15) is 0 Å². The molecule has 120 valence electrons. The van der Waals surface area contributed by atoms with E-state index in [-0.39, 0.29) is 0 Å². The SMILES string of the molecule is CCCC(C)n1c(-c2ccco2)csc1=Nc1cccc(C)c1. The van der Waals surface area contributed by atoms with E-state index in [1.165, 1.54) is 5.56 Å². The first-order chi connectivity index (χ1) is 11.2. The minimum Gasteiger partial charge on any atom is -0.463 e. The number of furan rings is 1. The Morgan fingerprint density at radius 3 is 2.83 bits per heavy atom. The van der Waals surface area contributed by atoms with Crippen LogP contribution in [0.3, 0.4) is 0 Å². The average molecular weight is 326 g/mol. The quantitative estimate of drug-likeness (QED) is 0.590. The highest BCUT2D eigenvalue weighted by molar-refractivity contribution is 7.07. The summed E-state index contributed by atoms with van der Waals surface area (Å²) >= 11 is 1.67. The van der Waals surface area contributed by atoms with Crippen LogP contribution in [-0.2, 0) is 0 Å². The van der Waals surface area contributed by atoms with Gasteiger partial charge in [0.15, 0.2) is 10.6 Å². The van der Waals surface area contributed by atoms with Crippen LogP contribution < -0.4 is 4.80 Å². The molecule has 2 heterocycles. The van der Waals surface area contributed by atoms with E-state index in [0.29, 0.717) is 6.04 Å². The van der Waals surface area contributed by atoms with Crippen molar-refractivity contribution in [2.45, 2.75) is 39.7 Å². The molecule has 0 aliphatic heterocycles. The molecular formula is C19H22N2OS. The number of hydrogen-bond acceptors (Lipinski definition) is 3. The number of rotatable bonds is 5. The van der Waals surface area contributed by atoms with Crippen molar-refractivity contribution >= 4 is 17.0 Å². The van der Waals surface area contributed by atoms with Crippen molar-refractivity contribution in [3.8, 4) is 11.5 Å². The van der Waals surface area contributed by atoms with Gasteiger partial charge < -0.3 is 8.98 Å². The lowest BCUT2D eigenvalue weighted by molar-refractivity contribution is 0.485. The summed E-state index contributed by atoms with van der Waals surface area (Å²) in [5.74, 6) is 0.898. The van der Waals surface area contributed by atoms with Crippen LogP contribution in [0.4, 0.5) is 5.69 Å². The maximum Gasteiger partial charge on any atom is 0.190 e. The number of aromatic nitrogens is 1. The Morgan fingerprint density at radius 2 is 2.13 bits per heavy atom. The molecule has 3 rings (SSSR count). The Morgan fingerprint density at radius 1 is 1.26 bits per heavy atom. The average Bonchev–Trinajstić information content (AvgIpc) is 3.16. The van der Waals surface area contributed by atoms with Crippen LogP contribution in [0.5, 0.6) is 0 Å². The van der Waals surface area contributed by atoms with Gasteiger partial charge in [-0.3, -0.25) is 0 Å². The Labute approximate surface area is 140 Å². The summed E-state index contributed by atoms with van der Waals surface area (Å²) < 4.78 is 7.92. The molecular weight excluding hydrogens is 304 g/mol. The van der Waals surface area contributed by atoms with E-state index in [0.717, 1.165) is 34.8 Å². The lowest BCUT2D eigenvalue weighted by Crippen LogP contribution is -2.19. The van der Waals surface area contributed by atoms with Crippen LogP contribution in [0.15, 0.2) is 57.5 Å². The number of benzene rings is 1. The molecule has 0 aliphatic carbocycles. The van der Waals surface area contributed by atoms with E-state index >= 15 is 0 Å². The number of nitrogens with zero attached hydrogens (tertiary/aromatic N) is 2. The number of thiazole rings is 1. The molecule has 23 heavy (non-hydrogen) atoms. The highest BCUT2D eigenvalue weighted by Crippen LogP contribution is 2.26. The second-order valence-electron chi connectivity index (χ2n) is 5.84. The number of aryl methyl sites for hydroxylation is 1. The first-order valence-electron chi connectivity index (χ1n) is 8.04. The molecule has 4 heteroatoms. The minimum atomic E-state index is 0.384. The molecule has 0 saturated heterocycles. The first kappa shape index (κ1) is 15.8. The smallest absolute Gasteiger partial charge is 0.190 e. The molecule has 2 aromatic heterocycles. The minimum absolute atomic E-state index is 0.384. The molecule has 0 aliphatic rings. The summed E-state index contributed by atoms with van der Waals surface area (Å²) in [5, 5.41) is 2.14. The highest BCUT2D eigenvalue weighted by atomic mass is 32.1. The van der Waals surface area contributed by atoms with Crippen LogP contribution in [0, 0.1) is 6.92 Å². The zero-order chi connectivity index (χ0) is 16.2. The molecule has 0 saturated carbocycles. The molecule has 1 unspecified atom stereocenters. The zero-order valence-electron chi connectivity index (χ0n) is 13.8. The predicted molar refractivity (Wildman–Crippen MR) is 96.0 cm³/mol. The summed E-state index contributed by atoms with van der Waals surface area (Å²) in [6, 6.07) is 12.6. The van der Waals surface area contributed by atoms with Gasteiger partial charge in [0, 0.05) is 11.4 Å². The first-order valence-corrected chi connectivity index (χ1v) is 8.92. The van der Waals surface area contributed by atoms with E-state index in [2.05, 4.69) is 48.9 Å². The van der Waals surface area contributed by atoms with Crippen molar-refractivity contribution in [1.82, 2.24) is 4.57 Å². The molecule has 3 aromatic rings. The third-order valence-electron chi connectivity index (χ3n) is 3.89. The van der Waals surface area contributed by atoms with Crippen molar-refractivity contribution in [1.29, 1.82) is 0 Å².